The minimum atomic E-state index is 0. The fourth-order valence-corrected chi connectivity index (χ4v) is 3.29. The quantitative estimate of drug-likeness (QED) is 0.117. The van der Waals surface area contributed by atoms with E-state index in [1.165, 1.54) is 0 Å². The van der Waals surface area contributed by atoms with Gasteiger partial charge in [0.05, 0.1) is 22.8 Å². The van der Waals surface area contributed by atoms with Crippen LogP contribution in [-0.2, 0) is 17.1 Å². The number of benzene rings is 1. The van der Waals surface area contributed by atoms with Crippen molar-refractivity contribution in [3.8, 4) is 0 Å². The molecule has 0 spiro atoms. The zero-order valence-corrected chi connectivity index (χ0v) is 23.6. The molecule has 6 N–H and O–H groups in total. The number of nitrogens with zero attached hydrogens (tertiary/aromatic N) is 2. The van der Waals surface area contributed by atoms with Gasteiger partial charge in [-0.25, -0.2) is 9.97 Å². The van der Waals surface area contributed by atoms with Crippen LogP contribution in [0.25, 0.3) is 46.4 Å². The van der Waals surface area contributed by atoms with Gasteiger partial charge in [0.25, 0.3) is 0 Å². The Labute approximate surface area is 239 Å². The summed E-state index contributed by atoms with van der Waals surface area (Å²) in [6.45, 7) is 0. The van der Waals surface area contributed by atoms with Gasteiger partial charge in [-0.05, 0) is 72.8 Å². The fraction of sp³-hybridized carbons (Fsp3) is 0.133. The topological polar surface area (TPSA) is 138 Å². The first-order chi connectivity index (χ1) is 18.8. The van der Waals surface area contributed by atoms with Crippen molar-refractivity contribution in [3.05, 3.63) is 108 Å². The van der Waals surface area contributed by atoms with E-state index in [2.05, 4.69) is 56.3 Å². The van der Waals surface area contributed by atoms with Crippen LogP contribution in [0.15, 0.2) is 78.9 Å². The number of H-pyrrole nitrogens is 2. The molecule has 9 heteroatoms. The van der Waals surface area contributed by atoms with Gasteiger partial charge < -0.3 is 30.4 Å². The maximum Gasteiger partial charge on any atom is 0.0659 e. The largest absolute Gasteiger partial charge is 0.400 e. The van der Waals surface area contributed by atoms with E-state index in [1.807, 2.05) is 72.8 Å². The van der Waals surface area contributed by atoms with Gasteiger partial charge in [0.2, 0.25) is 0 Å². The average Bonchev–Trinajstić information content (AvgIpc) is 3.81. The zero-order chi connectivity index (χ0) is 28.2. The predicted molar refractivity (Wildman–Crippen MR) is 157 cm³/mol. The normalized spacial score (nSPS) is 9.64. The van der Waals surface area contributed by atoms with Crippen molar-refractivity contribution in [3.63, 3.8) is 0 Å². The van der Waals surface area contributed by atoms with Gasteiger partial charge in [-0.2, -0.15) is 36.4 Å². The zero-order valence-electron chi connectivity index (χ0n) is 22.4. The van der Waals surface area contributed by atoms with E-state index >= 15 is 0 Å². The third-order valence-corrected chi connectivity index (χ3v) is 4.65. The van der Waals surface area contributed by atoms with Crippen molar-refractivity contribution in [2.75, 3.05) is 28.4 Å². The van der Waals surface area contributed by atoms with E-state index in [1.54, 1.807) is 0 Å². The van der Waals surface area contributed by atoms with Gasteiger partial charge in [0.15, 0.2) is 0 Å². The summed E-state index contributed by atoms with van der Waals surface area (Å²) in [5, 5.41) is 28.0. The van der Waals surface area contributed by atoms with Crippen LogP contribution in [0.2, 0.25) is 0 Å². The first-order valence-electron chi connectivity index (χ1n) is 11.5. The molecule has 8 bridgehead atoms. The summed E-state index contributed by atoms with van der Waals surface area (Å²) in [4.78, 5) is 16.0. The van der Waals surface area contributed by atoms with Gasteiger partial charge in [-0.1, -0.05) is 0 Å². The Morgan fingerprint density at radius 1 is 0.487 bits per heavy atom. The molecule has 2 aliphatic heterocycles. The van der Waals surface area contributed by atoms with Crippen molar-refractivity contribution < 1.29 is 37.5 Å². The Balaban J connectivity index is 0.000000820. The summed E-state index contributed by atoms with van der Waals surface area (Å²) < 4.78 is 0. The second-order valence-corrected chi connectivity index (χ2v) is 6.98. The molecule has 0 atom stereocenters. The molecule has 0 unspecified atom stereocenters. The number of nitrogens with one attached hydrogen (secondary N) is 2. The standard InChI is InChI=1S/C20H14N4.C6H5.4CH4O.Mn/c1-2-14-10-16-5-6-18(23-16)12-20-8-7-19(24-20)11-17-4-3-15(22-17)9-13(1)21-14;1-2-4-6-5-3-1;4*1-2;/h1-12,21-22H;1-5H;4*2H,1H3;/q;-1;;;;;. The van der Waals surface area contributed by atoms with E-state index < -0.39 is 0 Å². The number of fused-ring (bicyclic) bond motifs is 8. The number of hydrogen-bond acceptors (Lipinski definition) is 6. The van der Waals surface area contributed by atoms with Crippen LogP contribution in [0.4, 0.5) is 0 Å². The van der Waals surface area contributed by atoms with Crippen LogP contribution in [-0.4, -0.2) is 68.8 Å². The molecule has 4 aromatic rings. The molecule has 3 aromatic heterocycles. The van der Waals surface area contributed by atoms with Gasteiger partial charge in [-0.3, -0.25) is 0 Å². The molecule has 2 aliphatic rings. The Kier molecular flexibility index (Phi) is 19.1. The van der Waals surface area contributed by atoms with Crippen molar-refractivity contribution in [1.29, 1.82) is 0 Å². The molecular formula is C30H35MnN4O4-. The summed E-state index contributed by atoms with van der Waals surface area (Å²) in [7, 11) is 4.00. The van der Waals surface area contributed by atoms with Crippen LogP contribution < -0.4 is 0 Å². The SMILES string of the molecule is C1=Cc2cc3ccc(cc4ccc(cc5nc(cc1n2)C=C5)[nH]4)[nH]3.CO.CO.CO.CO.[Mn].[c-]1ccccc1. The van der Waals surface area contributed by atoms with Crippen LogP contribution in [0, 0.1) is 6.07 Å². The summed E-state index contributed by atoms with van der Waals surface area (Å²) in [5.41, 5.74) is 7.86. The second kappa shape index (κ2) is 21.1. The number of aromatic nitrogens is 4. The van der Waals surface area contributed by atoms with Crippen molar-refractivity contribution in [2.45, 2.75) is 0 Å². The molecule has 0 saturated carbocycles. The van der Waals surface area contributed by atoms with E-state index in [9.17, 15) is 0 Å². The van der Waals surface area contributed by atoms with E-state index in [4.69, 9.17) is 20.4 Å². The number of rotatable bonds is 0. The van der Waals surface area contributed by atoms with Gasteiger partial charge in [0.1, 0.15) is 0 Å². The third-order valence-electron chi connectivity index (χ3n) is 4.65. The monoisotopic (exact) mass is 570 g/mol. The average molecular weight is 571 g/mol. The summed E-state index contributed by atoms with van der Waals surface area (Å²) in [6.07, 6.45) is 8.05. The number of aromatic amines is 2. The summed E-state index contributed by atoms with van der Waals surface area (Å²) >= 11 is 0. The fourth-order valence-electron chi connectivity index (χ4n) is 3.29. The first kappa shape index (κ1) is 35.2. The molecule has 5 heterocycles. The minimum Gasteiger partial charge on any atom is -0.400 e. The first-order valence-corrected chi connectivity index (χ1v) is 11.5. The smallest absolute Gasteiger partial charge is 0.0659 e. The van der Waals surface area contributed by atoms with Crippen LogP contribution in [0.5, 0.6) is 0 Å². The summed E-state index contributed by atoms with van der Waals surface area (Å²) in [6, 6.07) is 28.9. The molecule has 8 nitrogen and oxygen atoms in total. The van der Waals surface area contributed by atoms with E-state index in [0.717, 1.165) is 73.3 Å². The van der Waals surface area contributed by atoms with Crippen LogP contribution in [0.3, 0.4) is 0 Å². The third kappa shape index (κ3) is 12.1. The molecule has 1 aromatic carbocycles. The minimum absolute atomic E-state index is 0. The van der Waals surface area contributed by atoms with Crippen LogP contribution >= 0.6 is 0 Å². The molecule has 6 rings (SSSR count). The molecule has 0 amide bonds. The maximum absolute atomic E-state index is 7.00. The Hall–Kier alpha value is -3.82. The Bertz CT molecular complexity index is 1300. The molecule has 0 aliphatic carbocycles. The number of aliphatic hydroxyl groups is 4. The van der Waals surface area contributed by atoms with E-state index in [-0.39, 0.29) is 17.1 Å². The molecule has 1 radical (unpaired) electrons. The predicted octanol–water partition coefficient (Wildman–Crippen LogP) is 4.57. The van der Waals surface area contributed by atoms with Crippen molar-refractivity contribution >= 4 is 46.4 Å². The molecule has 39 heavy (non-hydrogen) atoms. The van der Waals surface area contributed by atoms with Crippen molar-refractivity contribution in [2.24, 2.45) is 0 Å². The second-order valence-electron chi connectivity index (χ2n) is 6.98. The Morgan fingerprint density at radius 3 is 1.13 bits per heavy atom. The molecule has 207 valence electrons. The van der Waals surface area contributed by atoms with Gasteiger partial charge >= 0.3 is 0 Å². The Morgan fingerprint density at radius 2 is 0.821 bits per heavy atom. The number of hydrogen-bond donors (Lipinski definition) is 6. The molecular weight excluding hydrogens is 535 g/mol. The number of aliphatic hydroxyl groups excluding tert-OH is 4. The maximum atomic E-state index is 7.00. The van der Waals surface area contributed by atoms with E-state index in [0.29, 0.717) is 0 Å². The summed E-state index contributed by atoms with van der Waals surface area (Å²) in [5.74, 6) is 0. The van der Waals surface area contributed by atoms with Crippen molar-refractivity contribution in [1.82, 2.24) is 19.9 Å². The molecule has 0 fully saturated rings. The molecule has 0 saturated heterocycles. The van der Waals surface area contributed by atoms with Gasteiger partial charge in [0, 0.05) is 67.6 Å². The van der Waals surface area contributed by atoms with Crippen LogP contribution in [0.1, 0.15) is 22.8 Å². The van der Waals surface area contributed by atoms with Gasteiger partial charge in [-0.15, -0.1) is 0 Å².